The molecule has 0 bridgehead atoms. The molecule has 0 radical (unpaired) electrons. The summed E-state index contributed by atoms with van der Waals surface area (Å²) in [6.07, 6.45) is 3.76. The maximum Gasteiger partial charge on any atom is 0.329 e. The van der Waals surface area contributed by atoms with E-state index in [1.54, 1.807) is 59.4 Å². The molecule has 0 spiro atoms. The Hall–Kier alpha value is -3.34. The van der Waals surface area contributed by atoms with Crippen LogP contribution in [0.2, 0.25) is 0 Å². The number of phenols is 1. The van der Waals surface area contributed by atoms with E-state index >= 15 is 0 Å². The molecule has 0 saturated heterocycles. The third kappa shape index (κ3) is 3.83. The highest BCUT2D eigenvalue weighted by Gasteiger charge is 2.22. The number of nitrogens with zero attached hydrogens (tertiary/aromatic N) is 1. The van der Waals surface area contributed by atoms with E-state index < -0.39 is 12.0 Å². The minimum absolute atomic E-state index is 0.0994. The Balaban J connectivity index is 1.86. The van der Waals surface area contributed by atoms with Gasteiger partial charge in [-0.25, -0.2) is 4.79 Å². The first kappa shape index (κ1) is 17.5. The van der Waals surface area contributed by atoms with Crippen molar-refractivity contribution in [1.82, 2.24) is 4.57 Å². The van der Waals surface area contributed by atoms with Crippen LogP contribution >= 0.6 is 0 Å². The Labute approximate surface area is 151 Å². The molecule has 132 valence electrons. The number of hydrogen-bond donors (Lipinski definition) is 1. The van der Waals surface area contributed by atoms with Gasteiger partial charge in [-0.3, -0.25) is 4.79 Å². The molecular weight excluding hydrogens is 330 g/mol. The van der Waals surface area contributed by atoms with Gasteiger partial charge < -0.3 is 14.4 Å². The molecule has 0 aliphatic carbocycles. The average Bonchev–Trinajstić information content (AvgIpc) is 3.17. The Morgan fingerprint density at radius 3 is 2.35 bits per heavy atom. The van der Waals surface area contributed by atoms with Crippen LogP contribution in [-0.2, 0) is 16.0 Å². The van der Waals surface area contributed by atoms with Crippen molar-refractivity contribution in [2.75, 3.05) is 7.11 Å². The Kier molecular flexibility index (Phi) is 5.17. The summed E-state index contributed by atoms with van der Waals surface area (Å²) in [4.78, 5) is 24.8. The topological polar surface area (TPSA) is 68.5 Å². The fraction of sp³-hybridized carbons (Fsp3) is 0.143. The van der Waals surface area contributed by atoms with Crippen LogP contribution in [0.5, 0.6) is 5.75 Å². The molecule has 5 nitrogen and oxygen atoms in total. The number of esters is 1. The molecular formula is C21H19NO4. The first-order valence-corrected chi connectivity index (χ1v) is 8.21. The zero-order valence-corrected chi connectivity index (χ0v) is 14.3. The second kappa shape index (κ2) is 7.70. The van der Waals surface area contributed by atoms with Crippen molar-refractivity contribution in [3.8, 4) is 5.75 Å². The second-order valence-electron chi connectivity index (χ2n) is 5.95. The van der Waals surface area contributed by atoms with Gasteiger partial charge in [0.2, 0.25) is 0 Å². The molecule has 0 fully saturated rings. The number of ether oxygens (including phenoxy) is 1. The molecule has 0 unspecified atom stereocenters. The third-order valence-corrected chi connectivity index (χ3v) is 4.21. The Bertz CT molecular complexity index is 897. The van der Waals surface area contributed by atoms with E-state index in [-0.39, 0.29) is 11.5 Å². The van der Waals surface area contributed by atoms with Crippen LogP contribution in [0.25, 0.3) is 0 Å². The van der Waals surface area contributed by atoms with E-state index in [2.05, 4.69) is 0 Å². The van der Waals surface area contributed by atoms with Crippen LogP contribution in [0.4, 0.5) is 0 Å². The number of rotatable bonds is 6. The smallest absolute Gasteiger partial charge is 0.329 e. The fourth-order valence-corrected chi connectivity index (χ4v) is 2.80. The number of ketones is 1. The van der Waals surface area contributed by atoms with Crippen molar-refractivity contribution in [3.63, 3.8) is 0 Å². The van der Waals surface area contributed by atoms with Gasteiger partial charge in [-0.1, -0.05) is 42.5 Å². The van der Waals surface area contributed by atoms with Gasteiger partial charge in [0.25, 0.3) is 0 Å². The lowest BCUT2D eigenvalue weighted by atomic mass is 10.1. The van der Waals surface area contributed by atoms with Crippen molar-refractivity contribution in [2.45, 2.75) is 12.5 Å². The van der Waals surface area contributed by atoms with E-state index in [9.17, 15) is 14.7 Å². The SMILES string of the molecule is COC(=O)[C@H](Cc1ccc(O)cc1)n1ccc(C(=O)c2ccccc2)c1. The van der Waals surface area contributed by atoms with Gasteiger partial charge in [0, 0.05) is 29.9 Å². The summed E-state index contributed by atoms with van der Waals surface area (Å²) >= 11 is 0. The third-order valence-electron chi connectivity index (χ3n) is 4.21. The van der Waals surface area contributed by atoms with Crippen LogP contribution in [0, 0.1) is 0 Å². The van der Waals surface area contributed by atoms with Gasteiger partial charge in [-0.15, -0.1) is 0 Å². The summed E-state index contributed by atoms with van der Waals surface area (Å²) in [5.74, 6) is -0.329. The molecule has 0 saturated carbocycles. The monoisotopic (exact) mass is 349 g/mol. The van der Waals surface area contributed by atoms with E-state index in [1.807, 2.05) is 18.2 Å². The van der Waals surface area contributed by atoms with Crippen LogP contribution in [0.3, 0.4) is 0 Å². The molecule has 2 aromatic carbocycles. The minimum atomic E-state index is -0.595. The van der Waals surface area contributed by atoms with Gasteiger partial charge in [0.05, 0.1) is 7.11 Å². The molecule has 0 amide bonds. The molecule has 1 N–H and O–H groups in total. The van der Waals surface area contributed by atoms with Crippen molar-refractivity contribution < 1.29 is 19.4 Å². The normalized spacial score (nSPS) is 11.7. The van der Waals surface area contributed by atoms with Gasteiger partial charge in [0.15, 0.2) is 5.78 Å². The predicted octanol–water partition coefficient (Wildman–Crippen LogP) is 3.38. The van der Waals surface area contributed by atoms with Gasteiger partial charge in [-0.2, -0.15) is 0 Å². The van der Waals surface area contributed by atoms with Crippen LogP contribution < -0.4 is 0 Å². The average molecular weight is 349 g/mol. The molecule has 1 aromatic heterocycles. The number of methoxy groups -OCH3 is 1. The maximum atomic E-state index is 12.6. The fourth-order valence-electron chi connectivity index (χ4n) is 2.80. The van der Waals surface area contributed by atoms with E-state index in [4.69, 9.17) is 4.74 Å². The highest BCUT2D eigenvalue weighted by atomic mass is 16.5. The highest BCUT2D eigenvalue weighted by Crippen LogP contribution is 2.21. The van der Waals surface area contributed by atoms with Crippen molar-refractivity contribution >= 4 is 11.8 Å². The number of carbonyl (C=O) groups excluding carboxylic acids is 2. The first-order valence-electron chi connectivity index (χ1n) is 8.21. The summed E-state index contributed by atoms with van der Waals surface area (Å²) in [6, 6.07) is 16.8. The predicted molar refractivity (Wildman–Crippen MR) is 97.2 cm³/mol. The Morgan fingerprint density at radius 1 is 1.00 bits per heavy atom. The summed E-state index contributed by atoms with van der Waals surface area (Å²) in [5, 5.41) is 9.40. The zero-order valence-electron chi connectivity index (χ0n) is 14.3. The molecule has 0 aliphatic heterocycles. The minimum Gasteiger partial charge on any atom is -0.508 e. The molecule has 3 rings (SSSR count). The van der Waals surface area contributed by atoms with Crippen LogP contribution in [-0.4, -0.2) is 28.5 Å². The van der Waals surface area contributed by atoms with Crippen LogP contribution in [0.1, 0.15) is 27.5 Å². The highest BCUT2D eigenvalue weighted by molar-refractivity contribution is 6.08. The van der Waals surface area contributed by atoms with E-state index in [0.717, 1.165) is 5.56 Å². The quantitative estimate of drug-likeness (QED) is 0.547. The molecule has 0 aliphatic rings. The molecule has 1 heterocycles. The summed E-state index contributed by atoms with van der Waals surface area (Å²) in [6.45, 7) is 0. The summed E-state index contributed by atoms with van der Waals surface area (Å²) in [7, 11) is 1.34. The van der Waals surface area contributed by atoms with E-state index in [0.29, 0.717) is 17.5 Å². The number of hydrogen-bond acceptors (Lipinski definition) is 4. The van der Waals surface area contributed by atoms with Crippen molar-refractivity contribution in [2.24, 2.45) is 0 Å². The first-order chi connectivity index (χ1) is 12.6. The molecule has 1 atom stereocenters. The van der Waals surface area contributed by atoms with Crippen molar-refractivity contribution in [1.29, 1.82) is 0 Å². The van der Waals surface area contributed by atoms with Crippen molar-refractivity contribution in [3.05, 3.63) is 89.7 Å². The summed E-state index contributed by atoms with van der Waals surface area (Å²) < 4.78 is 6.61. The number of aromatic nitrogens is 1. The lowest BCUT2D eigenvalue weighted by Crippen LogP contribution is -2.22. The zero-order chi connectivity index (χ0) is 18.5. The van der Waals surface area contributed by atoms with Gasteiger partial charge in [0.1, 0.15) is 11.8 Å². The van der Waals surface area contributed by atoms with Gasteiger partial charge >= 0.3 is 5.97 Å². The lowest BCUT2D eigenvalue weighted by Gasteiger charge is -2.16. The largest absolute Gasteiger partial charge is 0.508 e. The van der Waals surface area contributed by atoms with E-state index in [1.165, 1.54) is 7.11 Å². The molecule has 26 heavy (non-hydrogen) atoms. The van der Waals surface area contributed by atoms with Gasteiger partial charge in [-0.05, 0) is 23.8 Å². The number of aromatic hydroxyl groups is 1. The standard InChI is InChI=1S/C21H19NO4/c1-26-21(25)19(13-15-7-9-18(23)10-8-15)22-12-11-17(14-22)20(24)16-5-3-2-4-6-16/h2-12,14,19,23H,13H2,1H3/t19-/m0/s1. The number of carbonyl (C=O) groups is 2. The summed E-state index contributed by atoms with van der Waals surface area (Å²) in [5.41, 5.74) is 1.98. The Morgan fingerprint density at radius 2 is 1.69 bits per heavy atom. The number of phenolic OH excluding ortho intramolecular Hbond substituents is 1. The molecule has 5 heteroatoms. The second-order valence-corrected chi connectivity index (χ2v) is 5.95. The maximum absolute atomic E-state index is 12.6. The lowest BCUT2D eigenvalue weighted by molar-refractivity contribution is -0.144. The number of benzene rings is 2. The molecule has 3 aromatic rings. The van der Waals surface area contributed by atoms with Crippen LogP contribution in [0.15, 0.2) is 73.1 Å².